The molecule has 0 aliphatic carbocycles. The molecule has 3 aromatic rings. The molecular formula is C20H20F5N7O. The minimum absolute atomic E-state index is 0.111. The second kappa shape index (κ2) is 7.39. The Kier molecular flexibility index (Phi) is 4.83. The third-order valence-electron chi connectivity index (χ3n) is 6.34. The van der Waals surface area contributed by atoms with Gasteiger partial charge in [-0.1, -0.05) is 0 Å². The normalized spacial score (nSPS) is 18.0. The number of halogens is 5. The Balaban J connectivity index is 1.34. The molecule has 8 nitrogen and oxygen atoms in total. The number of hydrogen-bond donors (Lipinski definition) is 0. The van der Waals surface area contributed by atoms with Crippen molar-refractivity contribution in [2.75, 3.05) is 36.0 Å². The van der Waals surface area contributed by atoms with E-state index in [2.05, 4.69) is 15.1 Å². The summed E-state index contributed by atoms with van der Waals surface area (Å²) in [4.78, 5) is 25.0. The van der Waals surface area contributed by atoms with Gasteiger partial charge in [0.1, 0.15) is 17.7 Å². The van der Waals surface area contributed by atoms with Crippen molar-refractivity contribution in [3.63, 3.8) is 0 Å². The highest BCUT2D eigenvalue weighted by atomic mass is 19.4. The van der Waals surface area contributed by atoms with Crippen molar-refractivity contribution in [2.24, 2.45) is 12.5 Å². The molecule has 0 unspecified atom stereocenters. The molecule has 176 valence electrons. The Bertz CT molecular complexity index is 1240. The van der Waals surface area contributed by atoms with Gasteiger partial charge in [-0.3, -0.25) is 9.36 Å². The number of aromatic nitrogens is 5. The van der Waals surface area contributed by atoms with Crippen molar-refractivity contribution in [1.29, 1.82) is 0 Å². The average Bonchev–Trinajstić information content (AvgIpc) is 3.34. The molecule has 2 fully saturated rings. The zero-order valence-electron chi connectivity index (χ0n) is 17.6. The molecule has 0 N–H and O–H groups in total. The fraction of sp³-hybridized carbons (Fsp3) is 0.500. The molecule has 0 aromatic carbocycles. The average molecular weight is 469 g/mol. The fourth-order valence-corrected chi connectivity index (χ4v) is 4.67. The van der Waals surface area contributed by atoms with Gasteiger partial charge >= 0.3 is 6.18 Å². The third kappa shape index (κ3) is 3.68. The van der Waals surface area contributed by atoms with Gasteiger partial charge in [-0.05, 0) is 18.6 Å². The maximum atomic E-state index is 12.9. The van der Waals surface area contributed by atoms with E-state index in [4.69, 9.17) is 0 Å². The maximum absolute atomic E-state index is 12.9. The highest BCUT2D eigenvalue weighted by molar-refractivity contribution is 5.75. The van der Waals surface area contributed by atoms with Crippen LogP contribution in [0.5, 0.6) is 0 Å². The van der Waals surface area contributed by atoms with Crippen molar-refractivity contribution >= 4 is 22.8 Å². The molecule has 1 spiro atoms. The van der Waals surface area contributed by atoms with Gasteiger partial charge < -0.3 is 9.80 Å². The monoisotopic (exact) mass is 469 g/mol. The van der Waals surface area contributed by atoms with Gasteiger partial charge in [0.25, 0.3) is 12.0 Å². The van der Waals surface area contributed by atoms with Gasteiger partial charge in [-0.25, -0.2) is 18.4 Å². The second-order valence-corrected chi connectivity index (χ2v) is 8.66. The zero-order chi connectivity index (χ0) is 23.5. The van der Waals surface area contributed by atoms with Gasteiger partial charge in [-0.15, -0.1) is 0 Å². The minimum Gasteiger partial charge on any atom is -0.355 e. The third-order valence-corrected chi connectivity index (χ3v) is 6.34. The Morgan fingerprint density at radius 3 is 2.48 bits per heavy atom. The summed E-state index contributed by atoms with van der Waals surface area (Å²) >= 11 is 0. The van der Waals surface area contributed by atoms with E-state index in [1.54, 1.807) is 7.05 Å². The number of alkyl halides is 5. The largest absolute Gasteiger partial charge is 0.417 e. The molecule has 33 heavy (non-hydrogen) atoms. The molecule has 0 amide bonds. The van der Waals surface area contributed by atoms with Crippen molar-refractivity contribution in [3.05, 3.63) is 40.4 Å². The smallest absolute Gasteiger partial charge is 0.355 e. The molecule has 5 rings (SSSR count). The van der Waals surface area contributed by atoms with Gasteiger partial charge in [0.05, 0.1) is 11.8 Å². The fourth-order valence-electron chi connectivity index (χ4n) is 4.67. The lowest BCUT2D eigenvalue weighted by atomic mass is 9.79. The Morgan fingerprint density at radius 2 is 1.85 bits per heavy atom. The quantitative estimate of drug-likeness (QED) is 0.547. The number of fused-ring (bicyclic) bond motifs is 1. The summed E-state index contributed by atoms with van der Waals surface area (Å²) in [6, 6.07) is 2.39. The highest BCUT2D eigenvalue weighted by Crippen LogP contribution is 2.42. The van der Waals surface area contributed by atoms with Crippen molar-refractivity contribution in [1.82, 2.24) is 24.3 Å². The first-order valence-corrected chi connectivity index (χ1v) is 10.3. The van der Waals surface area contributed by atoms with Crippen molar-refractivity contribution in [3.8, 4) is 0 Å². The van der Waals surface area contributed by atoms with E-state index in [1.165, 1.54) is 16.8 Å². The Morgan fingerprint density at radius 1 is 1.12 bits per heavy atom. The molecule has 5 heterocycles. The van der Waals surface area contributed by atoms with Gasteiger partial charge in [0.2, 0.25) is 5.95 Å². The number of rotatable bonds is 4. The molecule has 2 aliphatic heterocycles. The number of pyridine rings is 1. The van der Waals surface area contributed by atoms with Crippen LogP contribution >= 0.6 is 0 Å². The van der Waals surface area contributed by atoms with Crippen LogP contribution in [0.1, 0.15) is 12.0 Å². The Labute approximate surface area is 184 Å². The molecule has 0 bridgehead atoms. The summed E-state index contributed by atoms with van der Waals surface area (Å²) in [5.41, 5.74) is -1.14. The lowest BCUT2D eigenvalue weighted by molar-refractivity contribution is -0.137. The van der Waals surface area contributed by atoms with E-state index < -0.39 is 24.7 Å². The molecule has 3 aromatic heterocycles. The van der Waals surface area contributed by atoms with Crippen LogP contribution in [0, 0.1) is 5.41 Å². The summed E-state index contributed by atoms with van der Waals surface area (Å²) < 4.78 is 66.4. The van der Waals surface area contributed by atoms with Crippen LogP contribution in [-0.4, -0.2) is 56.9 Å². The van der Waals surface area contributed by atoms with Crippen LogP contribution in [0.25, 0.3) is 11.0 Å². The molecule has 0 radical (unpaired) electrons. The van der Waals surface area contributed by atoms with Crippen LogP contribution in [-0.2, 0) is 19.8 Å². The van der Waals surface area contributed by atoms with Gasteiger partial charge in [-0.2, -0.15) is 23.3 Å². The lowest BCUT2D eigenvalue weighted by Gasteiger charge is -2.48. The molecule has 0 atom stereocenters. The van der Waals surface area contributed by atoms with Gasteiger partial charge in [0, 0.05) is 44.8 Å². The second-order valence-electron chi connectivity index (χ2n) is 8.66. The van der Waals surface area contributed by atoms with E-state index in [-0.39, 0.29) is 22.0 Å². The number of anilines is 2. The predicted molar refractivity (Wildman–Crippen MR) is 109 cm³/mol. The molecule has 13 heteroatoms. The van der Waals surface area contributed by atoms with E-state index in [0.29, 0.717) is 37.9 Å². The summed E-state index contributed by atoms with van der Waals surface area (Å²) in [5.74, 6) is 0.862. The molecule has 2 saturated heterocycles. The topological polar surface area (TPSA) is 72.1 Å². The van der Waals surface area contributed by atoms with E-state index in [1.807, 2.05) is 9.80 Å². The Hall–Kier alpha value is -3.25. The summed E-state index contributed by atoms with van der Waals surface area (Å²) in [5, 5.41) is 4.06. The van der Waals surface area contributed by atoms with Crippen molar-refractivity contribution in [2.45, 2.75) is 25.6 Å². The van der Waals surface area contributed by atoms with Crippen LogP contribution in [0.15, 0.2) is 29.3 Å². The van der Waals surface area contributed by atoms with Crippen LogP contribution in [0.2, 0.25) is 0 Å². The molecule has 2 aliphatic rings. The first-order valence-electron chi connectivity index (χ1n) is 10.3. The van der Waals surface area contributed by atoms with Crippen LogP contribution < -0.4 is 15.4 Å². The SMILES string of the molecule is Cn1c(N2CCC3(CN(c4ccc(C(F)(F)F)cn4)C3)C2)nc2c(cnn2CC(F)F)c1=O. The minimum atomic E-state index is -4.43. The van der Waals surface area contributed by atoms with E-state index in [9.17, 15) is 26.7 Å². The first kappa shape index (κ1) is 21.6. The van der Waals surface area contributed by atoms with Gasteiger partial charge in [0.15, 0.2) is 5.65 Å². The summed E-state index contributed by atoms with van der Waals surface area (Å²) in [6.07, 6.45) is -4.17. The lowest BCUT2D eigenvalue weighted by Crippen LogP contribution is -2.58. The van der Waals surface area contributed by atoms with Crippen LogP contribution in [0.4, 0.5) is 33.7 Å². The van der Waals surface area contributed by atoms with Crippen molar-refractivity contribution < 1.29 is 22.0 Å². The zero-order valence-corrected chi connectivity index (χ0v) is 17.6. The molecule has 0 saturated carbocycles. The molecular weight excluding hydrogens is 449 g/mol. The number of nitrogens with zero attached hydrogens (tertiary/aromatic N) is 7. The first-order chi connectivity index (χ1) is 15.6. The summed E-state index contributed by atoms with van der Waals surface area (Å²) in [7, 11) is 1.58. The predicted octanol–water partition coefficient (Wildman–Crippen LogP) is 2.53. The van der Waals surface area contributed by atoms with E-state index >= 15 is 0 Å². The number of hydrogen-bond acceptors (Lipinski definition) is 6. The summed E-state index contributed by atoms with van der Waals surface area (Å²) in [6.45, 7) is 1.77. The van der Waals surface area contributed by atoms with Crippen LogP contribution in [0.3, 0.4) is 0 Å². The maximum Gasteiger partial charge on any atom is 0.417 e. The standard InChI is InChI=1S/C20H20F5N7O/c1-29-17(33)13-7-27-32(8-14(21)22)16(13)28-18(29)30-5-4-19(9-30)10-31(11-19)15-3-2-12(6-26-15)20(23,24)25/h2-3,6-7,14H,4-5,8-11H2,1H3. The highest BCUT2D eigenvalue weighted by Gasteiger charge is 2.49. The van der Waals surface area contributed by atoms with E-state index in [0.717, 1.165) is 23.4 Å².